The summed E-state index contributed by atoms with van der Waals surface area (Å²) in [6.45, 7) is 6.07. The molecule has 6 heteroatoms. The van der Waals surface area contributed by atoms with Gasteiger partial charge in [-0.2, -0.15) is 4.98 Å². The third-order valence-corrected chi connectivity index (χ3v) is 4.18. The third-order valence-electron chi connectivity index (χ3n) is 3.25. The highest BCUT2D eigenvalue weighted by atomic mass is 32.2. The van der Waals surface area contributed by atoms with E-state index < -0.39 is 0 Å². The molecule has 1 N–H and O–H groups in total. The molecular weight excluding hydrogens is 298 g/mol. The number of thioether (sulfide) groups is 1. The van der Waals surface area contributed by atoms with Crippen LogP contribution in [0.2, 0.25) is 0 Å². The van der Waals surface area contributed by atoms with Gasteiger partial charge in [0.2, 0.25) is 5.91 Å². The standard InChI is InChI=1S/C16H21N3O2S/c1-4-12(3)17-15(20)10-22-9-14-18-16(21-19-14)13-7-5-11(2)6-8-13/h5-8,12H,4,9-10H2,1-3H3,(H,17,20). The number of nitrogens with zero attached hydrogens (tertiary/aromatic N) is 2. The maximum Gasteiger partial charge on any atom is 0.257 e. The van der Waals surface area contributed by atoms with Gasteiger partial charge in [0.05, 0.1) is 11.5 Å². The summed E-state index contributed by atoms with van der Waals surface area (Å²) in [4.78, 5) is 16.0. The van der Waals surface area contributed by atoms with Crippen LogP contribution in [0.15, 0.2) is 28.8 Å². The molecule has 1 unspecified atom stereocenters. The third kappa shape index (κ3) is 4.87. The van der Waals surface area contributed by atoms with Gasteiger partial charge in [0.15, 0.2) is 5.82 Å². The molecule has 0 saturated carbocycles. The summed E-state index contributed by atoms with van der Waals surface area (Å²) in [5, 5.41) is 6.88. The zero-order valence-electron chi connectivity index (χ0n) is 13.1. The first kappa shape index (κ1) is 16.5. The molecule has 1 aromatic heterocycles. The molecule has 5 nitrogen and oxygen atoms in total. The van der Waals surface area contributed by atoms with Crippen LogP contribution in [-0.2, 0) is 10.5 Å². The zero-order valence-corrected chi connectivity index (χ0v) is 13.9. The minimum Gasteiger partial charge on any atom is -0.353 e. The Morgan fingerprint density at radius 2 is 2.09 bits per heavy atom. The first-order chi connectivity index (χ1) is 10.6. The van der Waals surface area contributed by atoms with Gasteiger partial charge in [-0.05, 0) is 32.4 Å². The molecule has 1 amide bonds. The predicted octanol–water partition coefficient (Wildman–Crippen LogP) is 3.19. The second-order valence-corrected chi connectivity index (χ2v) is 6.24. The Morgan fingerprint density at radius 1 is 1.36 bits per heavy atom. The van der Waals surface area contributed by atoms with Gasteiger partial charge in [0.25, 0.3) is 5.89 Å². The number of rotatable bonds is 7. The van der Waals surface area contributed by atoms with Crippen LogP contribution in [0.5, 0.6) is 0 Å². The molecule has 1 aromatic carbocycles. The number of aromatic nitrogens is 2. The molecule has 1 heterocycles. The molecule has 1 atom stereocenters. The van der Waals surface area contributed by atoms with Crippen molar-refractivity contribution in [3.8, 4) is 11.5 Å². The fraction of sp³-hybridized carbons (Fsp3) is 0.438. The highest BCUT2D eigenvalue weighted by Gasteiger charge is 2.10. The van der Waals surface area contributed by atoms with Crippen molar-refractivity contribution in [3.63, 3.8) is 0 Å². The average Bonchev–Trinajstić information content (AvgIpc) is 2.96. The van der Waals surface area contributed by atoms with Crippen LogP contribution in [0.3, 0.4) is 0 Å². The van der Waals surface area contributed by atoms with Crippen molar-refractivity contribution in [2.24, 2.45) is 0 Å². The van der Waals surface area contributed by atoms with Crippen molar-refractivity contribution in [1.82, 2.24) is 15.5 Å². The van der Waals surface area contributed by atoms with Gasteiger partial charge in [-0.3, -0.25) is 4.79 Å². The van der Waals surface area contributed by atoms with E-state index in [1.165, 1.54) is 17.3 Å². The maximum absolute atomic E-state index is 11.7. The van der Waals surface area contributed by atoms with E-state index in [9.17, 15) is 4.79 Å². The minimum absolute atomic E-state index is 0.0432. The number of benzene rings is 1. The average molecular weight is 319 g/mol. The molecule has 0 aliphatic rings. The van der Waals surface area contributed by atoms with E-state index in [0.717, 1.165) is 12.0 Å². The maximum atomic E-state index is 11.7. The van der Waals surface area contributed by atoms with Crippen LogP contribution in [-0.4, -0.2) is 27.8 Å². The fourth-order valence-electron chi connectivity index (χ4n) is 1.78. The molecule has 0 aliphatic heterocycles. The normalized spacial score (nSPS) is 12.1. The van der Waals surface area contributed by atoms with Crippen molar-refractivity contribution in [2.45, 2.75) is 39.0 Å². The summed E-state index contributed by atoms with van der Waals surface area (Å²) in [5.74, 6) is 2.13. The highest BCUT2D eigenvalue weighted by molar-refractivity contribution is 7.99. The van der Waals surface area contributed by atoms with Crippen LogP contribution in [0.25, 0.3) is 11.5 Å². The molecule has 0 aliphatic carbocycles. The molecule has 2 aromatic rings. The molecule has 2 rings (SSSR count). The molecule has 0 radical (unpaired) electrons. The van der Waals surface area contributed by atoms with Gasteiger partial charge in [-0.25, -0.2) is 0 Å². The van der Waals surface area contributed by atoms with Crippen molar-refractivity contribution < 1.29 is 9.32 Å². The van der Waals surface area contributed by atoms with Crippen LogP contribution >= 0.6 is 11.8 Å². The molecule has 22 heavy (non-hydrogen) atoms. The lowest BCUT2D eigenvalue weighted by Crippen LogP contribution is -2.33. The Kier molecular flexibility index (Phi) is 6.00. The van der Waals surface area contributed by atoms with Crippen molar-refractivity contribution in [1.29, 1.82) is 0 Å². The Bertz CT molecular complexity index is 610. The number of nitrogens with one attached hydrogen (secondary N) is 1. The summed E-state index contributed by atoms with van der Waals surface area (Å²) < 4.78 is 5.26. The zero-order chi connectivity index (χ0) is 15.9. The summed E-state index contributed by atoms with van der Waals surface area (Å²) in [5.41, 5.74) is 2.09. The van der Waals surface area contributed by atoms with Crippen molar-refractivity contribution >= 4 is 17.7 Å². The van der Waals surface area contributed by atoms with Crippen molar-refractivity contribution in [3.05, 3.63) is 35.7 Å². The van der Waals surface area contributed by atoms with E-state index in [1.807, 2.05) is 45.0 Å². The number of hydrogen-bond donors (Lipinski definition) is 1. The number of carbonyl (C=O) groups excluding carboxylic acids is 1. The summed E-state index contributed by atoms with van der Waals surface area (Å²) >= 11 is 1.48. The van der Waals surface area contributed by atoms with Crippen LogP contribution in [0.1, 0.15) is 31.7 Å². The molecule has 118 valence electrons. The number of hydrogen-bond acceptors (Lipinski definition) is 5. The van der Waals surface area contributed by atoms with Gasteiger partial charge < -0.3 is 9.84 Å². The van der Waals surface area contributed by atoms with Gasteiger partial charge >= 0.3 is 0 Å². The lowest BCUT2D eigenvalue weighted by atomic mass is 10.1. The smallest absolute Gasteiger partial charge is 0.257 e. The van der Waals surface area contributed by atoms with E-state index in [4.69, 9.17) is 4.52 Å². The topological polar surface area (TPSA) is 68.0 Å². The van der Waals surface area contributed by atoms with Crippen LogP contribution in [0.4, 0.5) is 0 Å². The summed E-state index contributed by atoms with van der Waals surface area (Å²) in [6, 6.07) is 8.14. The molecule has 0 fully saturated rings. The Morgan fingerprint density at radius 3 is 2.77 bits per heavy atom. The van der Waals surface area contributed by atoms with E-state index in [-0.39, 0.29) is 11.9 Å². The van der Waals surface area contributed by atoms with Gasteiger partial charge in [0.1, 0.15) is 0 Å². The summed E-state index contributed by atoms with van der Waals surface area (Å²) in [6.07, 6.45) is 0.932. The van der Waals surface area contributed by atoms with Gasteiger partial charge in [-0.15, -0.1) is 11.8 Å². The van der Waals surface area contributed by atoms with E-state index in [0.29, 0.717) is 23.2 Å². The summed E-state index contributed by atoms with van der Waals surface area (Å²) in [7, 11) is 0. The second-order valence-electron chi connectivity index (χ2n) is 5.25. The fourth-order valence-corrected chi connectivity index (χ4v) is 2.45. The monoisotopic (exact) mass is 319 g/mol. The van der Waals surface area contributed by atoms with E-state index in [2.05, 4.69) is 15.5 Å². The van der Waals surface area contributed by atoms with Crippen molar-refractivity contribution in [2.75, 3.05) is 5.75 Å². The molecular formula is C16H21N3O2S. The van der Waals surface area contributed by atoms with Gasteiger partial charge in [0, 0.05) is 11.6 Å². The lowest BCUT2D eigenvalue weighted by molar-refractivity contribution is -0.119. The minimum atomic E-state index is 0.0432. The van der Waals surface area contributed by atoms with Crippen LogP contribution < -0.4 is 5.32 Å². The predicted molar refractivity (Wildman–Crippen MR) is 88.5 cm³/mol. The molecule has 0 spiro atoms. The van der Waals surface area contributed by atoms with E-state index >= 15 is 0 Å². The quantitative estimate of drug-likeness (QED) is 0.849. The highest BCUT2D eigenvalue weighted by Crippen LogP contribution is 2.19. The molecule has 0 saturated heterocycles. The lowest BCUT2D eigenvalue weighted by Gasteiger charge is -2.10. The second kappa shape index (κ2) is 7.98. The first-order valence-electron chi connectivity index (χ1n) is 7.35. The van der Waals surface area contributed by atoms with E-state index in [1.54, 1.807) is 0 Å². The number of amides is 1. The number of carbonyl (C=O) groups is 1. The Labute approximate surface area is 134 Å². The van der Waals surface area contributed by atoms with Gasteiger partial charge in [-0.1, -0.05) is 29.8 Å². The molecule has 0 bridgehead atoms. The SMILES string of the molecule is CCC(C)NC(=O)CSCc1noc(-c2ccc(C)cc2)n1. The Hall–Kier alpha value is -1.82. The largest absolute Gasteiger partial charge is 0.353 e. The van der Waals surface area contributed by atoms with Crippen LogP contribution in [0, 0.1) is 6.92 Å². The Balaban J connectivity index is 1.82. The number of aryl methyl sites for hydroxylation is 1. The first-order valence-corrected chi connectivity index (χ1v) is 8.50.